The van der Waals surface area contributed by atoms with Crippen LogP contribution < -0.4 is 10.4 Å². The van der Waals surface area contributed by atoms with Crippen LogP contribution in [-0.2, 0) is 0 Å². The molecule has 0 aliphatic carbocycles. The fourth-order valence-electron chi connectivity index (χ4n) is 3.40. The first-order chi connectivity index (χ1) is 10.1. The number of nitrogens with zero attached hydrogens (tertiary/aromatic N) is 2. The summed E-state index contributed by atoms with van der Waals surface area (Å²) < 4.78 is 7.26. The summed E-state index contributed by atoms with van der Waals surface area (Å²) in [5.74, 6) is 0.718. The Morgan fingerprint density at radius 1 is 1.33 bits per heavy atom. The van der Waals surface area contributed by atoms with E-state index in [2.05, 4.69) is 23.7 Å². The van der Waals surface area contributed by atoms with E-state index in [1.54, 1.807) is 7.11 Å². The number of hydrogen-bond acceptors (Lipinski definition) is 3. The number of para-hydroxylation sites is 1. The molecule has 0 spiro atoms. The van der Waals surface area contributed by atoms with Crippen molar-refractivity contribution in [3.05, 3.63) is 28.7 Å². The van der Waals surface area contributed by atoms with Crippen LogP contribution in [-0.4, -0.2) is 34.1 Å². The van der Waals surface area contributed by atoms with Gasteiger partial charge in [0.25, 0.3) is 0 Å². The first kappa shape index (κ1) is 14.2. The zero-order chi connectivity index (χ0) is 15.0. The van der Waals surface area contributed by atoms with Gasteiger partial charge in [-0.25, -0.2) is 4.79 Å². The van der Waals surface area contributed by atoms with E-state index >= 15 is 0 Å². The highest BCUT2D eigenvalue weighted by atomic mass is 16.5. The van der Waals surface area contributed by atoms with Crippen molar-refractivity contribution in [3.63, 3.8) is 0 Å². The van der Waals surface area contributed by atoms with Crippen molar-refractivity contribution in [3.8, 4) is 5.75 Å². The second kappa shape index (κ2) is 5.56. The molecule has 0 bridgehead atoms. The molecule has 1 aromatic heterocycles. The zero-order valence-corrected chi connectivity index (χ0v) is 12.9. The summed E-state index contributed by atoms with van der Waals surface area (Å²) in [5.41, 5.74) is 1.67. The summed E-state index contributed by atoms with van der Waals surface area (Å²) in [4.78, 5) is 17.9. The largest absolute Gasteiger partial charge is 0.494 e. The molecule has 1 aromatic carbocycles. The van der Waals surface area contributed by atoms with E-state index in [0.717, 1.165) is 36.2 Å². The summed E-state index contributed by atoms with van der Waals surface area (Å²) >= 11 is 0. The SMILES string of the molecule is COc1cccc2c1[nH]c(=O)n2C1CCCCN1C(C)C. The number of fused-ring (bicyclic) bond motifs is 1. The van der Waals surface area contributed by atoms with Gasteiger partial charge in [-0.15, -0.1) is 0 Å². The maximum atomic E-state index is 12.5. The molecule has 5 heteroatoms. The molecule has 2 aromatic rings. The third kappa shape index (κ3) is 2.35. The van der Waals surface area contributed by atoms with Gasteiger partial charge in [0.05, 0.1) is 18.8 Å². The molecule has 0 saturated carbocycles. The van der Waals surface area contributed by atoms with Crippen LogP contribution in [0.4, 0.5) is 0 Å². The van der Waals surface area contributed by atoms with Crippen molar-refractivity contribution in [2.45, 2.75) is 45.3 Å². The molecule has 1 aliphatic heterocycles. The minimum Gasteiger partial charge on any atom is -0.494 e. The lowest BCUT2D eigenvalue weighted by Crippen LogP contribution is -2.43. The highest BCUT2D eigenvalue weighted by molar-refractivity contribution is 5.82. The normalized spacial score (nSPS) is 20.3. The molecule has 3 rings (SSSR count). The Morgan fingerprint density at radius 2 is 2.14 bits per heavy atom. The van der Waals surface area contributed by atoms with Crippen LogP contribution >= 0.6 is 0 Å². The van der Waals surface area contributed by atoms with Gasteiger partial charge in [0.2, 0.25) is 0 Å². The third-order valence-electron chi connectivity index (χ3n) is 4.41. The van der Waals surface area contributed by atoms with Crippen LogP contribution in [0.25, 0.3) is 11.0 Å². The summed E-state index contributed by atoms with van der Waals surface area (Å²) in [7, 11) is 1.63. The molecule has 1 unspecified atom stereocenters. The Morgan fingerprint density at radius 3 is 2.86 bits per heavy atom. The zero-order valence-electron chi connectivity index (χ0n) is 12.9. The monoisotopic (exact) mass is 289 g/mol. The number of benzene rings is 1. The van der Waals surface area contributed by atoms with E-state index in [-0.39, 0.29) is 11.9 Å². The second-order valence-corrected chi connectivity index (χ2v) is 5.96. The molecule has 1 aliphatic rings. The number of likely N-dealkylation sites (tertiary alicyclic amines) is 1. The number of imidazole rings is 1. The van der Waals surface area contributed by atoms with Gasteiger partial charge >= 0.3 is 5.69 Å². The number of ether oxygens (including phenoxy) is 1. The van der Waals surface area contributed by atoms with E-state index in [1.807, 2.05) is 22.8 Å². The van der Waals surface area contributed by atoms with Gasteiger partial charge < -0.3 is 9.72 Å². The minimum absolute atomic E-state index is 0.0490. The quantitative estimate of drug-likeness (QED) is 0.945. The van der Waals surface area contributed by atoms with Gasteiger partial charge in [-0.1, -0.05) is 6.07 Å². The third-order valence-corrected chi connectivity index (χ3v) is 4.41. The van der Waals surface area contributed by atoms with Gasteiger partial charge in [0, 0.05) is 12.6 Å². The molecule has 1 atom stereocenters. The van der Waals surface area contributed by atoms with Gasteiger partial charge in [-0.2, -0.15) is 0 Å². The van der Waals surface area contributed by atoms with E-state index in [9.17, 15) is 4.79 Å². The molecule has 5 nitrogen and oxygen atoms in total. The molecule has 0 radical (unpaired) electrons. The summed E-state index contributed by atoms with van der Waals surface area (Å²) in [6.07, 6.45) is 3.51. The Balaban J connectivity index is 2.15. The van der Waals surface area contributed by atoms with Gasteiger partial charge in [-0.3, -0.25) is 9.47 Å². The summed E-state index contributed by atoms with van der Waals surface area (Å²) in [6.45, 7) is 5.43. The number of nitrogens with one attached hydrogen (secondary N) is 1. The number of piperidine rings is 1. The van der Waals surface area contributed by atoms with Gasteiger partial charge in [0.1, 0.15) is 11.3 Å². The number of rotatable bonds is 3. The van der Waals surface area contributed by atoms with Crippen molar-refractivity contribution in [2.24, 2.45) is 0 Å². The average Bonchev–Trinajstić information content (AvgIpc) is 2.82. The van der Waals surface area contributed by atoms with E-state index in [4.69, 9.17) is 4.74 Å². The Hall–Kier alpha value is -1.75. The lowest BCUT2D eigenvalue weighted by molar-refractivity contribution is 0.0649. The fraction of sp³-hybridized carbons (Fsp3) is 0.562. The van der Waals surface area contributed by atoms with Crippen LogP contribution in [0, 0.1) is 0 Å². The molecule has 114 valence electrons. The highest BCUT2D eigenvalue weighted by Crippen LogP contribution is 2.31. The molecule has 1 N–H and O–H groups in total. The van der Waals surface area contributed by atoms with Crippen molar-refractivity contribution in [1.29, 1.82) is 0 Å². The first-order valence-corrected chi connectivity index (χ1v) is 7.66. The Labute approximate surface area is 124 Å². The van der Waals surface area contributed by atoms with Crippen LogP contribution in [0.5, 0.6) is 5.75 Å². The van der Waals surface area contributed by atoms with Gasteiger partial charge in [-0.05, 0) is 45.2 Å². The molecular weight excluding hydrogens is 266 g/mol. The Kier molecular flexibility index (Phi) is 3.76. The minimum atomic E-state index is -0.0490. The number of methoxy groups -OCH3 is 1. The lowest BCUT2D eigenvalue weighted by atomic mass is 10.1. The van der Waals surface area contributed by atoms with Gasteiger partial charge in [0.15, 0.2) is 0 Å². The second-order valence-electron chi connectivity index (χ2n) is 5.96. The van der Waals surface area contributed by atoms with Crippen LogP contribution in [0.2, 0.25) is 0 Å². The van der Waals surface area contributed by atoms with Crippen LogP contribution in [0.3, 0.4) is 0 Å². The van der Waals surface area contributed by atoms with Crippen molar-refractivity contribution in [1.82, 2.24) is 14.5 Å². The predicted octanol–water partition coefficient (Wildman–Crippen LogP) is 2.73. The van der Waals surface area contributed by atoms with E-state index in [0.29, 0.717) is 6.04 Å². The molecule has 0 amide bonds. The number of hydrogen-bond donors (Lipinski definition) is 1. The molecule has 21 heavy (non-hydrogen) atoms. The summed E-state index contributed by atoms with van der Waals surface area (Å²) in [6, 6.07) is 6.23. The topological polar surface area (TPSA) is 50.3 Å². The van der Waals surface area contributed by atoms with Crippen LogP contribution in [0.15, 0.2) is 23.0 Å². The standard InChI is InChI=1S/C16H23N3O2/c1-11(2)18-10-5-4-9-14(18)19-12-7-6-8-13(21-3)15(12)17-16(19)20/h6-8,11,14H,4-5,9-10H2,1-3H3,(H,17,20). The molecule has 2 heterocycles. The smallest absolute Gasteiger partial charge is 0.327 e. The summed E-state index contributed by atoms with van der Waals surface area (Å²) in [5, 5.41) is 0. The number of aromatic nitrogens is 2. The average molecular weight is 289 g/mol. The van der Waals surface area contributed by atoms with Crippen molar-refractivity contribution in [2.75, 3.05) is 13.7 Å². The maximum absolute atomic E-state index is 12.5. The first-order valence-electron chi connectivity index (χ1n) is 7.66. The number of H-pyrrole nitrogens is 1. The molecular formula is C16H23N3O2. The Bertz CT molecular complexity index is 686. The van der Waals surface area contributed by atoms with E-state index < -0.39 is 0 Å². The van der Waals surface area contributed by atoms with Crippen molar-refractivity contribution >= 4 is 11.0 Å². The van der Waals surface area contributed by atoms with Crippen LogP contribution in [0.1, 0.15) is 39.3 Å². The molecule has 1 saturated heterocycles. The highest BCUT2D eigenvalue weighted by Gasteiger charge is 2.28. The maximum Gasteiger partial charge on any atom is 0.327 e. The van der Waals surface area contributed by atoms with E-state index in [1.165, 1.54) is 6.42 Å². The lowest BCUT2D eigenvalue weighted by Gasteiger charge is -2.39. The predicted molar refractivity (Wildman–Crippen MR) is 83.8 cm³/mol. The molecule has 1 fully saturated rings. The van der Waals surface area contributed by atoms with Crippen molar-refractivity contribution < 1.29 is 4.74 Å². The fourth-order valence-corrected chi connectivity index (χ4v) is 3.40. The number of aromatic amines is 1.